The van der Waals surface area contributed by atoms with Crippen LogP contribution in [0.4, 0.5) is 34.5 Å². The maximum Gasteiger partial charge on any atom is 0.488 e. The molecule has 10 N–H and O–H groups in total. The van der Waals surface area contributed by atoms with E-state index in [2.05, 4.69) is 171 Å². The van der Waals surface area contributed by atoms with Gasteiger partial charge in [0.25, 0.3) is 0 Å². The molecular weight excluding hydrogens is 1780 g/mol. The SMILES string of the molecule is CI.COc1cccc(-c2ccnc(N)c2N)c1.COc1cccc(-c2ccnc([N+](=O)[O-])c2N)c1.COc1cccc(B(O)O)c1.IC(I)I.ICI.Nc1c(Br)ccnc1[N+](=O)[O-].[CH2-]I.[V]. The van der Waals surface area contributed by atoms with Gasteiger partial charge in [0, 0.05) is 35.9 Å². The third-order valence-electron chi connectivity index (χ3n) is 7.41. The fourth-order valence-corrected chi connectivity index (χ4v) is 4.86. The molecule has 0 aliphatic heterocycles. The average molecular weight is 1830 g/mol. The predicted octanol–water partition coefficient (Wildman–Crippen LogP) is 11.5. The second-order valence-electron chi connectivity index (χ2n) is 11.3. The molecule has 68 heavy (non-hydrogen) atoms. The summed E-state index contributed by atoms with van der Waals surface area (Å²) < 4.78 is 17.6. The predicted molar refractivity (Wildman–Crippen MR) is 336 cm³/mol. The van der Waals surface area contributed by atoms with Gasteiger partial charge in [0.15, 0.2) is 0 Å². The van der Waals surface area contributed by atoms with E-state index in [1.807, 2.05) is 57.9 Å². The number of benzene rings is 3. The van der Waals surface area contributed by atoms with Crippen LogP contribution in [0, 0.1) is 25.2 Å². The summed E-state index contributed by atoms with van der Waals surface area (Å²) >= 11 is 18.6. The van der Waals surface area contributed by atoms with Crippen LogP contribution >= 0.6 is 174 Å². The summed E-state index contributed by atoms with van der Waals surface area (Å²) in [6.07, 6.45) is 4.32. The molecule has 1 radical (unpaired) electrons. The Bertz CT molecular complexity index is 2380. The first-order chi connectivity index (χ1) is 31.9. The van der Waals surface area contributed by atoms with Gasteiger partial charge in [-0.1, -0.05) is 172 Å². The van der Waals surface area contributed by atoms with Gasteiger partial charge < -0.3 is 90.0 Å². The van der Waals surface area contributed by atoms with Crippen molar-refractivity contribution >= 4 is 221 Å². The first-order valence-electron chi connectivity index (χ1n) is 17.8. The van der Waals surface area contributed by atoms with Crippen molar-refractivity contribution in [1.29, 1.82) is 0 Å². The van der Waals surface area contributed by atoms with Crippen LogP contribution in [-0.4, -0.2) is 70.6 Å². The first-order valence-corrected chi connectivity index (χ1v) is 29.0. The molecule has 0 fully saturated rings. The number of pyridine rings is 3. The van der Waals surface area contributed by atoms with Crippen molar-refractivity contribution in [3.05, 3.63) is 139 Å². The number of ether oxygens (including phenoxy) is 3. The summed E-state index contributed by atoms with van der Waals surface area (Å²) in [4.78, 5) is 36.0. The fourth-order valence-electron chi connectivity index (χ4n) is 4.57. The molecule has 3 aromatic carbocycles. The fraction of sp³-hybridized carbons (Fsp3) is 0.150. The van der Waals surface area contributed by atoms with Crippen LogP contribution in [-0.2, 0) is 18.6 Å². The minimum Gasteiger partial charge on any atom is -0.497 e. The zero-order valence-corrected chi connectivity index (χ0v) is 54.3. The maximum absolute atomic E-state index is 10.8. The van der Waals surface area contributed by atoms with Crippen LogP contribution in [0.15, 0.2) is 114 Å². The molecular formula is C40H45BBrI7N9O9V-. The molecule has 0 spiro atoms. The molecule has 18 nitrogen and oxygen atoms in total. The van der Waals surface area contributed by atoms with E-state index in [-0.39, 0.29) is 41.6 Å². The molecule has 6 rings (SSSR count). The number of anilines is 4. The molecule has 0 aliphatic carbocycles. The zero-order valence-electron chi connectivity index (χ0n) is 36.2. The van der Waals surface area contributed by atoms with Gasteiger partial charge in [-0.05, 0) is 112 Å². The van der Waals surface area contributed by atoms with Crippen LogP contribution in [0.2, 0.25) is 0 Å². The van der Waals surface area contributed by atoms with Gasteiger partial charge >= 0.3 is 18.8 Å². The molecule has 369 valence electrons. The second kappa shape index (κ2) is 42.2. The monoisotopic (exact) mass is 1820 g/mol. The zero-order chi connectivity index (χ0) is 51.6. The Morgan fingerprint density at radius 3 is 1.40 bits per heavy atom. The van der Waals surface area contributed by atoms with E-state index in [1.54, 1.807) is 81.1 Å². The van der Waals surface area contributed by atoms with Crippen molar-refractivity contribution in [3.8, 4) is 39.5 Å². The molecule has 0 saturated carbocycles. The quantitative estimate of drug-likeness (QED) is 0.0206. The van der Waals surface area contributed by atoms with E-state index >= 15 is 0 Å². The summed E-state index contributed by atoms with van der Waals surface area (Å²) in [5.74, 6) is 1.75. The molecule has 0 bridgehead atoms. The Kier molecular flexibility index (Phi) is 44.0. The topological polar surface area (TPSA) is 297 Å². The Hall–Kier alpha value is -1.33. The number of nitro groups is 2. The minimum absolute atomic E-state index is 0. The summed E-state index contributed by atoms with van der Waals surface area (Å²) in [6, 6.07) is 26.4. The molecule has 0 amide bonds. The minimum atomic E-state index is -1.43. The number of halogens is 8. The smallest absolute Gasteiger partial charge is 0.488 e. The third kappa shape index (κ3) is 28.1. The van der Waals surface area contributed by atoms with Gasteiger partial charge in [-0.25, -0.2) is 4.98 Å². The number of nitrogen functional groups attached to an aromatic ring is 4. The Morgan fingerprint density at radius 2 is 1.01 bits per heavy atom. The van der Waals surface area contributed by atoms with Gasteiger partial charge in [0.2, 0.25) is 0 Å². The first kappa shape index (κ1) is 70.9. The van der Waals surface area contributed by atoms with Crippen molar-refractivity contribution < 1.29 is 52.7 Å². The number of alkyl halides is 6. The number of nitrogens with zero attached hydrogens (tertiary/aromatic N) is 5. The van der Waals surface area contributed by atoms with Crippen LogP contribution < -0.4 is 42.6 Å². The summed E-state index contributed by atoms with van der Waals surface area (Å²) in [6.45, 7) is 0. The number of methoxy groups -OCH3 is 3. The molecule has 6 aromatic rings. The summed E-state index contributed by atoms with van der Waals surface area (Å²) in [7, 11) is 3.29. The van der Waals surface area contributed by atoms with E-state index in [0.29, 0.717) is 38.5 Å². The number of nitrogens with two attached hydrogens (primary N) is 4. The van der Waals surface area contributed by atoms with E-state index < -0.39 is 17.0 Å². The number of aromatic nitrogens is 3. The molecule has 3 heterocycles. The van der Waals surface area contributed by atoms with Crippen LogP contribution in [0.25, 0.3) is 22.3 Å². The van der Waals surface area contributed by atoms with E-state index in [9.17, 15) is 20.2 Å². The van der Waals surface area contributed by atoms with Gasteiger partial charge in [-0.15, -0.1) is 0 Å². The van der Waals surface area contributed by atoms with Crippen LogP contribution in [0.5, 0.6) is 17.2 Å². The normalized spacial score (nSPS) is 9.06. The molecule has 3 aromatic heterocycles. The Labute approximate surface area is 511 Å². The van der Waals surface area contributed by atoms with Gasteiger partial charge in [0.1, 0.15) is 46.8 Å². The van der Waals surface area contributed by atoms with Crippen molar-refractivity contribution in [2.75, 3.05) is 51.6 Å². The van der Waals surface area contributed by atoms with Crippen molar-refractivity contribution in [3.63, 3.8) is 0 Å². The van der Waals surface area contributed by atoms with Gasteiger partial charge in [-0.2, -0.15) is 0 Å². The molecule has 0 atom stereocenters. The van der Waals surface area contributed by atoms with Crippen LogP contribution in [0.1, 0.15) is 0 Å². The summed E-state index contributed by atoms with van der Waals surface area (Å²) in [5.41, 5.74) is 26.8. The number of hydrogen-bond donors (Lipinski definition) is 6. The van der Waals surface area contributed by atoms with E-state index in [1.165, 1.54) is 21.9 Å². The van der Waals surface area contributed by atoms with E-state index in [0.717, 1.165) is 22.4 Å². The van der Waals surface area contributed by atoms with E-state index in [4.69, 9.17) is 47.2 Å². The molecule has 0 saturated heterocycles. The van der Waals surface area contributed by atoms with Crippen molar-refractivity contribution in [2.45, 2.75) is -0.0619 Å². The molecule has 28 heteroatoms. The second-order valence-corrected chi connectivity index (χ2v) is 27.4. The van der Waals surface area contributed by atoms with Gasteiger partial charge in [0.05, 0.1) is 33.9 Å². The Balaban J connectivity index is -0.000000781. The average Bonchev–Trinajstić information content (AvgIpc) is 3.32. The van der Waals surface area contributed by atoms with Crippen molar-refractivity contribution in [1.82, 2.24) is 15.0 Å². The number of hydrogen-bond acceptors (Lipinski definition) is 16. The Morgan fingerprint density at radius 1 is 0.662 bits per heavy atom. The summed E-state index contributed by atoms with van der Waals surface area (Å²) in [5, 5.41) is 38.5. The van der Waals surface area contributed by atoms with Crippen LogP contribution in [0.3, 0.4) is 0 Å². The standard InChI is InChI=1S/C12H11N3O3.C12H13N3O.C7H9BO3.C5H4BrN3O2.CHI3.CH2I2.CH3I.CH2I.V/c1-18-9-4-2-3-8(7-9)10-5-6-14-12(11(10)13)15(16)17;1-16-9-4-2-3-8(7-9)10-5-6-15-12(14)11(10)13;1-11-7-4-2-3-6(5-7)8(9)10;6-3-1-2-8-5(4(3)7)9(10)11;2-1(3)4;2-1-3;2*1-2;/h2-7H,13H2,1H3;2-7H,13H2,1H3,(H2,14,15);2-5,9-10H,1H3;1-2H,7H2;1H;1H2;1H3;1H2;/q;;;;;;;-1;. The molecule has 0 unspecified atom stereocenters. The largest absolute Gasteiger partial charge is 0.497 e. The third-order valence-corrected chi connectivity index (χ3v) is 8.10. The van der Waals surface area contributed by atoms with Gasteiger partial charge in [-0.3, -0.25) is 4.93 Å². The maximum atomic E-state index is 10.8. The molecule has 0 aliphatic rings. The van der Waals surface area contributed by atoms with Crippen molar-refractivity contribution in [2.24, 2.45) is 0 Å². The number of rotatable bonds is 8.